The summed E-state index contributed by atoms with van der Waals surface area (Å²) in [6.07, 6.45) is 0. The third-order valence-electron chi connectivity index (χ3n) is 20.8. The molecule has 0 spiro atoms. The van der Waals surface area contributed by atoms with Gasteiger partial charge in [0.25, 0.3) is 0 Å². The lowest BCUT2D eigenvalue weighted by atomic mass is 9.65. The zero-order chi connectivity index (χ0) is 82.3. The molecule has 0 aromatic heterocycles. The van der Waals surface area contributed by atoms with E-state index in [9.17, 15) is 0 Å². The Morgan fingerprint density at radius 2 is 0.192 bits per heavy atom. The molecule has 0 amide bonds. The molecule has 120 heavy (non-hydrogen) atoms. The van der Waals surface area contributed by atoms with Gasteiger partial charge in [0.2, 0.25) is 0 Å². The Morgan fingerprint density at radius 3 is 0.275 bits per heavy atom. The summed E-state index contributed by atoms with van der Waals surface area (Å²) in [5.41, 5.74) is 20.6. The van der Waals surface area contributed by atoms with Crippen molar-refractivity contribution in [2.24, 2.45) is 0 Å². The van der Waals surface area contributed by atoms with E-state index >= 15 is 0 Å². The van der Waals surface area contributed by atoms with Crippen LogP contribution in [0.4, 0.5) is 0 Å². The molecule has 570 valence electrons. The molecular weight excluding hydrogens is 1470 g/mol. The Labute approximate surface area is 704 Å². The number of hydrogen-bond acceptors (Lipinski definition) is 6. The molecule has 0 unspecified atom stereocenters. The van der Waals surface area contributed by atoms with E-state index < -0.39 is 10.8 Å². The number of hydrogen-bond donors (Lipinski definition) is 0. The lowest BCUT2D eigenvalue weighted by Gasteiger charge is -2.37. The van der Waals surface area contributed by atoms with Crippen LogP contribution in [0.1, 0.15) is 134 Å². The predicted molar refractivity (Wildman–Crippen MR) is 482 cm³/mol. The van der Waals surface area contributed by atoms with Gasteiger partial charge >= 0.3 is 0 Å². The van der Waals surface area contributed by atoms with Crippen molar-refractivity contribution in [2.75, 3.05) is 42.7 Å². The van der Waals surface area contributed by atoms with Crippen LogP contribution in [0.5, 0.6) is 34.5 Å². The summed E-state index contributed by atoms with van der Waals surface area (Å²) >= 11 is 0. The zero-order valence-corrected chi connectivity index (χ0v) is 67.1. The van der Waals surface area contributed by atoms with Gasteiger partial charge in [-0.2, -0.15) is 0 Å². The van der Waals surface area contributed by atoms with Gasteiger partial charge in [-0.3, -0.25) is 0 Å². The van der Waals surface area contributed by atoms with Gasteiger partial charge in [-0.1, -0.05) is 192 Å². The SMILES string of the molecule is COc1ccc(C#Cc2ccc(C(c3ccc(C#Cc4ccc(C#Cc5ccc(C(c6ccc(C#Cc7ccc(OC)cc7)cc6)(c6ccc(C#Cc7ccc(OC)cc7)cc6)c6ccc(C#Cc7ccc(OC)cc7)cc6)cc5)cc4)cc3)(c3ccc(C#Cc4ccc(OC)cc4)cc3)c3ccc(C#Cc4ccc(OC)cc4)cc3)cc2)cc1. The average Bonchev–Trinajstić information content (AvgIpc) is 0.736. The Kier molecular flexibility index (Phi) is 24.8. The molecular formula is C114H78O6. The number of ether oxygens (including phenoxy) is 6. The van der Waals surface area contributed by atoms with E-state index in [-0.39, 0.29) is 0 Å². The highest BCUT2D eigenvalue weighted by molar-refractivity contribution is 5.67. The fraction of sp³-hybridized carbons (Fsp3) is 0.0702. The van der Waals surface area contributed by atoms with Crippen LogP contribution in [0.25, 0.3) is 0 Å². The first kappa shape index (κ1) is 78.8. The smallest absolute Gasteiger partial charge is 0.118 e. The summed E-state index contributed by atoms with van der Waals surface area (Å²) in [7, 11) is 9.97. The van der Waals surface area contributed by atoms with E-state index in [1.54, 1.807) is 42.7 Å². The Hall–Kier alpha value is -16.4. The van der Waals surface area contributed by atoms with Crippen molar-refractivity contribution < 1.29 is 28.4 Å². The van der Waals surface area contributed by atoms with Crippen molar-refractivity contribution in [3.8, 4) is 129 Å². The third kappa shape index (κ3) is 18.8. The first-order valence-corrected chi connectivity index (χ1v) is 39.0. The molecule has 0 N–H and O–H groups in total. The molecule has 15 aromatic carbocycles. The number of benzene rings is 15. The van der Waals surface area contributed by atoms with Crippen LogP contribution in [0.2, 0.25) is 0 Å². The zero-order valence-electron chi connectivity index (χ0n) is 67.1. The molecule has 0 saturated heterocycles. The highest BCUT2D eigenvalue weighted by atomic mass is 16.5. The second-order valence-electron chi connectivity index (χ2n) is 28.1. The molecule has 0 saturated carbocycles. The fourth-order valence-corrected chi connectivity index (χ4v) is 14.3. The van der Waals surface area contributed by atoms with Crippen LogP contribution in [-0.4, -0.2) is 42.7 Å². The van der Waals surface area contributed by atoms with Crippen LogP contribution < -0.4 is 28.4 Å². The maximum absolute atomic E-state index is 5.41. The molecule has 0 aliphatic heterocycles. The van der Waals surface area contributed by atoms with E-state index in [1.807, 2.05) is 170 Å². The maximum atomic E-state index is 5.41. The largest absolute Gasteiger partial charge is 0.497 e. The fourth-order valence-electron chi connectivity index (χ4n) is 14.3. The van der Waals surface area contributed by atoms with Crippen LogP contribution >= 0.6 is 0 Å². The monoisotopic (exact) mass is 1540 g/mol. The lowest BCUT2D eigenvalue weighted by molar-refractivity contribution is 0.414. The summed E-state index contributed by atoms with van der Waals surface area (Å²) in [6.45, 7) is 0. The summed E-state index contributed by atoms with van der Waals surface area (Å²) in [4.78, 5) is 0. The standard InChI is InChI=1S/C114H78O6/c1-115-107-71-43-93(44-72-107)21-15-87-31-59-101(60-32-87)113(102-61-33-88(34-62-102)16-22-94-45-73-108(116-2)74-46-94,103-63-35-89(36-64-103)17-23-95-47-75-109(117-3)76-48-95)99-55-27-85(28-56-99)13-11-83-7-9-84(10-8-83)12-14-86-29-57-100(58-30-86)114(104-65-37-90(38-66-104)18-24-96-49-77-110(118-4)78-50-96,105-67-39-91(40-68-105)19-25-97-51-79-111(119-5)80-52-97)106-69-41-92(42-70-106)20-26-98-53-81-112(120-6)82-54-98/h7-10,27-82H,1-6H3. The first-order chi connectivity index (χ1) is 59.0. The summed E-state index contributed by atoms with van der Waals surface area (Å²) in [5.74, 6) is 59.0. The van der Waals surface area contributed by atoms with Gasteiger partial charge < -0.3 is 28.4 Å². The van der Waals surface area contributed by atoms with Crippen LogP contribution in [0.15, 0.2) is 364 Å². The van der Waals surface area contributed by atoms with Crippen LogP contribution in [0.3, 0.4) is 0 Å². The lowest BCUT2D eigenvalue weighted by Crippen LogP contribution is -2.31. The highest BCUT2D eigenvalue weighted by Gasteiger charge is 2.40. The van der Waals surface area contributed by atoms with Gasteiger partial charge in [-0.25, -0.2) is 0 Å². The van der Waals surface area contributed by atoms with Gasteiger partial charge in [-0.05, 0) is 311 Å². The molecule has 0 fully saturated rings. The number of rotatable bonds is 14. The molecule has 0 aliphatic carbocycles. The predicted octanol–water partition coefficient (Wildman–Crippen LogP) is 21.7. The Bertz CT molecular complexity index is 5720. The normalized spacial score (nSPS) is 10.4. The van der Waals surface area contributed by atoms with E-state index in [0.717, 1.165) is 168 Å². The minimum atomic E-state index is -0.850. The van der Waals surface area contributed by atoms with Crippen LogP contribution in [-0.2, 0) is 10.8 Å². The van der Waals surface area contributed by atoms with Crippen molar-refractivity contribution in [2.45, 2.75) is 10.8 Å². The molecule has 0 aliphatic rings. The first-order valence-electron chi connectivity index (χ1n) is 39.0. The van der Waals surface area contributed by atoms with Gasteiger partial charge in [0.1, 0.15) is 34.5 Å². The third-order valence-corrected chi connectivity index (χ3v) is 20.8. The van der Waals surface area contributed by atoms with E-state index in [4.69, 9.17) is 28.4 Å². The minimum Gasteiger partial charge on any atom is -0.497 e. The average molecular weight is 1540 g/mol. The van der Waals surface area contributed by atoms with E-state index in [1.165, 1.54) is 0 Å². The Balaban J connectivity index is 0.749. The minimum absolute atomic E-state index is 0.778. The van der Waals surface area contributed by atoms with Crippen molar-refractivity contribution in [3.63, 3.8) is 0 Å². The van der Waals surface area contributed by atoms with Crippen molar-refractivity contribution in [1.82, 2.24) is 0 Å². The van der Waals surface area contributed by atoms with Gasteiger partial charge in [0.15, 0.2) is 0 Å². The molecule has 6 nitrogen and oxygen atoms in total. The second kappa shape index (κ2) is 37.7. The highest BCUT2D eigenvalue weighted by Crippen LogP contribution is 2.48. The second-order valence-corrected chi connectivity index (χ2v) is 28.1. The van der Waals surface area contributed by atoms with Crippen molar-refractivity contribution >= 4 is 0 Å². The molecule has 15 rings (SSSR count). The molecule has 0 atom stereocenters. The van der Waals surface area contributed by atoms with Crippen molar-refractivity contribution in [1.29, 1.82) is 0 Å². The topological polar surface area (TPSA) is 55.4 Å². The molecule has 6 heteroatoms. The molecule has 0 bridgehead atoms. The summed E-state index contributed by atoms with van der Waals surface area (Å²) in [6, 6.07) is 123. The maximum Gasteiger partial charge on any atom is 0.118 e. The Morgan fingerprint density at radius 1 is 0.117 bits per heavy atom. The van der Waals surface area contributed by atoms with E-state index in [0.29, 0.717) is 0 Å². The summed E-state index contributed by atoms with van der Waals surface area (Å²) in [5, 5.41) is 0. The molecule has 15 aromatic rings. The summed E-state index contributed by atoms with van der Waals surface area (Å²) < 4.78 is 32.5. The quantitative estimate of drug-likeness (QED) is 0.0799. The number of methoxy groups -OCH3 is 6. The van der Waals surface area contributed by atoms with Gasteiger partial charge in [0.05, 0.1) is 53.5 Å². The van der Waals surface area contributed by atoms with Gasteiger partial charge in [0, 0.05) is 89.0 Å². The van der Waals surface area contributed by atoms with Gasteiger partial charge in [-0.15, -0.1) is 0 Å². The van der Waals surface area contributed by atoms with Crippen molar-refractivity contribution in [3.05, 3.63) is 498 Å². The molecule has 0 radical (unpaired) electrons. The molecule has 0 heterocycles. The van der Waals surface area contributed by atoms with E-state index in [2.05, 4.69) is 289 Å². The van der Waals surface area contributed by atoms with Crippen LogP contribution in [0, 0.1) is 94.7 Å².